The molecule has 1 atom stereocenters. The molecule has 5 nitrogen and oxygen atoms in total. The number of carbonyl (C=O) groups excluding carboxylic acids is 1. The Labute approximate surface area is 133 Å². The summed E-state index contributed by atoms with van der Waals surface area (Å²) in [6.45, 7) is 0. The molecule has 6 heteroatoms. The summed E-state index contributed by atoms with van der Waals surface area (Å²) >= 11 is 1.83. The zero-order chi connectivity index (χ0) is 15.4. The molecule has 0 fully saturated rings. The third-order valence-electron chi connectivity index (χ3n) is 3.48. The second-order valence-corrected chi connectivity index (χ2v) is 6.02. The van der Waals surface area contributed by atoms with Crippen molar-refractivity contribution in [1.29, 1.82) is 0 Å². The van der Waals surface area contributed by atoms with Crippen molar-refractivity contribution < 1.29 is 9.53 Å². The van der Waals surface area contributed by atoms with Crippen LogP contribution in [0.25, 0.3) is 0 Å². The lowest BCUT2D eigenvalue weighted by Gasteiger charge is -2.26. The number of urea groups is 1. The standard InChI is InChI=1S/C16H17N3O2S/c1-21-15-13(6-4-9-17-15)19-16(20)18-12-8-10-22-14-7-3-2-5-11(12)14/h2-7,9,12H,8,10H2,1H3,(H2,18,19,20). The second-order valence-electron chi connectivity index (χ2n) is 4.89. The first kappa shape index (κ1) is 14.7. The highest BCUT2D eigenvalue weighted by atomic mass is 32.2. The van der Waals surface area contributed by atoms with E-state index in [-0.39, 0.29) is 12.1 Å². The van der Waals surface area contributed by atoms with Crippen LogP contribution in [0.5, 0.6) is 5.88 Å². The van der Waals surface area contributed by atoms with Gasteiger partial charge in [0.1, 0.15) is 5.69 Å². The van der Waals surface area contributed by atoms with Gasteiger partial charge >= 0.3 is 6.03 Å². The molecular formula is C16H17N3O2S. The van der Waals surface area contributed by atoms with E-state index >= 15 is 0 Å². The molecule has 1 aromatic heterocycles. The first-order chi connectivity index (χ1) is 10.8. The summed E-state index contributed by atoms with van der Waals surface area (Å²) in [5.41, 5.74) is 1.73. The number of carbonyl (C=O) groups is 1. The van der Waals surface area contributed by atoms with Crippen LogP contribution >= 0.6 is 11.8 Å². The molecular weight excluding hydrogens is 298 g/mol. The number of nitrogens with one attached hydrogen (secondary N) is 2. The number of pyridine rings is 1. The molecule has 3 rings (SSSR count). The van der Waals surface area contributed by atoms with Crippen molar-refractivity contribution >= 4 is 23.5 Å². The van der Waals surface area contributed by atoms with E-state index in [1.54, 1.807) is 18.3 Å². The molecule has 1 aliphatic heterocycles. The molecule has 0 spiro atoms. The van der Waals surface area contributed by atoms with Gasteiger partial charge in [0, 0.05) is 16.8 Å². The summed E-state index contributed by atoms with van der Waals surface area (Å²) in [5.74, 6) is 1.40. The summed E-state index contributed by atoms with van der Waals surface area (Å²) < 4.78 is 5.14. The predicted molar refractivity (Wildman–Crippen MR) is 87.5 cm³/mol. The van der Waals surface area contributed by atoms with Gasteiger partial charge in [-0.25, -0.2) is 9.78 Å². The van der Waals surface area contributed by atoms with E-state index in [0.29, 0.717) is 11.6 Å². The summed E-state index contributed by atoms with van der Waals surface area (Å²) in [7, 11) is 1.53. The Morgan fingerprint density at radius 1 is 1.32 bits per heavy atom. The van der Waals surface area contributed by atoms with E-state index in [2.05, 4.69) is 27.8 Å². The monoisotopic (exact) mass is 315 g/mol. The SMILES string of the molecule is COc1ncccc1NC(=O)NC1CCSc2ccccc21. The molecule has 2 N–H and O–H groups in total. The predicted octanol–water partition coefficient (Wildman–Crippen LogP) is 3.45. The molecule has 1 aliphatic rings. The first-order valence-electron chi connectivity index (χ1n) is 7.06. The molecule has 1 unspecified atom stereocenters. The molecule has 0 saturated heterocycles. The molecule has 2 heterocycles. The van der Waals surface area contributed by atoms with Crippen molar-refractivity contribution in [3.63, 3.8) is 0 Å². The van der Waals surface area contributed by atoms with E-state index < -0.39 is 0 Å². The molecule has 0 aliphatic carbocycles. The number of hydrogen-bond donors (Lipinski definition) is 2. The molecule has 22 heavy (non-hydrogen) atoms. The van der Waals surface area contributed by atoms with Gasteiger partial charge in [-0.3, -0.25) is 0 Å². The van der Waals surface area contributed by atoms with E-state index in [0.717, 1.165) is 12.2 Å². The number of thioether (sulfide) groups is 1. The van der Waals surface area contributed by atoms with Crippen LogP contribution in [0.2, 0.25) is 0 Å². The van der Waals surface area contributed by atoms with Crippen molar-refractivity contribution in [3.8, 4) is 5.88 Å². The number of fused-ring (bicyclic) bond motifs is 1. The summed E-state index contributed by atoms with van der Waals surface area (Å²) in [6, 6.07) is 11.5. The van der Waals surface area contributed by atoms with Gasteiger partial charge in [-0.15, -0.1) is 11.8 Å². The summed E-state index contributed by atoms with van der Waals surface area (Å²) in [4.78, 5) is 17.5. The lowest BCUT2D eigenvalue weighted by atomic mass is 10.0. The summed E-state index contributed by atoms with van der Waals surface area (Å²) in [5, 5.41) is 5.82. The number of rotatable bonds is 3. The zero-order valence-electron chi connectivity index (χ0n) is 12.2. The van der Waals surface area contributed by atoms with Gasteiger partial charge in [0.15, 0.2) is 0 Å². The molecule has 0 bridgehead atoms. The van der Waals surface area contributed by atoms with Gasteiger partial charge in [0.2, 0.25) is 5.88 Å². The molecule has 1 aromatic carbocycles. The molecule has 0 saturated carbocycles. The van der Waals surface area contributed by atoms with Crippen LogP contribution < -0.4 is 15.4 Å². The van der Waals surface area contributed by atoms with Gasteiger partial charge < -0.3 is 15.4 Å². The average Bonchev–Trinajstić information content (AvgIpc) is 2.55. The van der Waals surface area contributed by atoms with E-state index in [1.165, 1.54) is 17.6 Å². The van der Waals surface area contributed by atoms with Crippen LogP contribution in [-0.4, -0.2) is 23.9 Å². The Hall–Kier alpha value is -2.21. The van der Waals surface area contributed by atoms with Crippen LogP contribution in [0, 0.1) is 0 Å². The third kappa shape index (κ3) is 3.17. The number of benzene rings is 1. The van der Waals surface area contributed by atoms with Crippen LogP contribution in [-0.2, 0) is 0 Å². The number of amides is 2. The van der Waals surface area contributed by atoms with Crippen molar-refractivity contribution in [1.82, 2.24) is 10.3 Å². The number of ether oxygens (including phenoxy) is 1. The maximum absolute atomic E-state index is 12.2. The fourth-order valence-electron chi connectivity index (χ4n) is 2.46. The minimum atomic E-state index is -0.252. The van der Waals surface area contributed by atoms with E-state index in [4.69, 9.17) is 4.74 Å². The first-order valence-corrected chi connectivity index (χ1v) is 8.04. The molecule has 114 valence electrons. The van der Waals surface area contributed by atoms with E-state index in [1.807, 2.05) is 23.9 Å². The van der Waals surface area contributed by atoms with E-state index in [9.17, 15) is 4.79 Å². The maximum Gasteiger partial charge on any atom is 0.319 e. The zero-order valence-corrected chi connectivity index (χ0v) is 13.0. The van der Waals surface area contributed by atoms with Crippen LogP contribution in [0.15, 0.2) is 47.5 Å². The normalized spacial score (nSPS) is 16.5. The fourth-order valence-corrected chi connectivity index (χ4v) is 3.58. The molecule has 0 radical (unpaired) electrons. The number of hydrogen-bond acceptors (Lipinski definition) is 4. The minimum Gasteiger partial charge on any atom is -0.480 e. The third-order valence-corrected chi connectivity index (χ3v) is 4.60. The Kier molecular flexibility index (Phi) is 4.48. The number of anilines is 1. The van der Waals surface area contributed by atoms with Gasteiger partial charge in [-0.1, -0.05) is 18.2 Å². The van der Waals surface area contributed by atoms with Gasteiger partial charge in [0.25, 0.3) is 0 Å². The largest absolute Gasteiger partial charge is 0.480 e. The topological polar surface area (TPSA) is 63.2 Å². The quantitative estimate of drug-likeness (QED) is 0.910. The van der Waals surface area contributed by atoms with Crippen molar-refractivity contribution in [3.05, 3.63) is 48.2 Å². The van der Waals surface area contributed by atoms with Crippen molar-refractivity contribution in [2.75, 3.05) is 18.2 Å². The lowest BCUT2D eigenvalue weighted by molar-refractivity contribution is 0.248. The van der Waals surface area contributed by atoms with Crippen LogP contribution in [0.1, 0.15) is 18.0 Å². The highest BCUT2D eigenvalue weighted by Gasteiger charge is 2.22. The van der Waals surface area contributed by atoms with Gasteiger partial charge in [-0.2, -0.15) is 0 Å². The molecule has 2 aromatic rings. The second kappa shape index (κ2) is 6.70. The van der Waals surface area contributed by atoms with Crippen molar-refractivity contribution in [2.45, 2.75) is 17.4 Å². The number of aromatic nitrogens is 1. The summed E-state index contributed by atoms with van der Waals surface area (Å²) in [6.07, 6.45) is 2.54. The molecule has 2 amide bonds. The Morgan fingerprint density at radius 3 is 3.05 bits per heavy atom. The number of nitrogens with zero attached hydrogens (tertiary/aromatic N) is 1. The average molecular weight is 315 g/mol. The van der Waals surface area contributed by atoms with Crippen molar-refractivity contribution in [2.24, 2.45) is 0 Å². The number of methoxy groups -OCH3 is 1. The Balaban J connectivity index is 1.70. The fraction of sp³-hybridized carbons (Fsp3) is 0.250. The lowest BCUT2D eigenvalue weighted by Crippen LogP contribution is -2.34. The minimum absolute atomic E-state index is 0.0279. The smallest absolute Gasteiger partial charge is 0.319 e. The van der Waals surface area contributed by atoms with Gasteiger partial charge in [-0.05, 0) is 30.2 Å². The van der Waals surface area contributed by atoms with Crippen LogP contribution in [0.4, 0.5) is 10.5 Å². The Bertz CT molecular complexity index is 678. The van der Waals surface area contributed by atoms with Crippen LogP contribution in [0.3, 0.4) is 0 Å². The Morgan fingerprint density at radius 2 is 2.18 bits per heavy atom. The van der Waals surface area contributed by atoms with Gasteiger partial charge in [0.05, 0.1) is 13.2 Å². The maximum atomic E-state index is 12.2. The highest BCUT2D eigenvalue weighted by molar-refractivity contribution is 7.99. The highest BCUT2D eigenvalue weighted by Crippen LogP contribution is 2.35.